The fourth-order valence-corrected chi connectivity index (χ4v) is 9.10. The van der Waals surface area contributed by atoms with E-state index in [1.165, 1.54) is 231 Å². The van der Waals surface area contributed by atoms with Crippen LogP contribution in [0.5, 0.6) is 0 Å². The Morgan fingerprint density at radius 3 is 0.754 bits per heavy atom. The molecule has 6 heteroatoms. The predicted octanol–water partition coefficient (Wildman–Crippen LogP) is 19.4. The van der Waals surface area contributed by atoms with Crippen LogP contribution in [-0.2, 0) is 28.6 Å². The lowest BCUT2D eigenvalue weighted by Crippen LogP contribution is -2.30. The zero-order chi connectivity index (χ0) is 47.4. The van der Waals surface area contributed by atoms with E-state index >= 15 is 0 Å². The lowest BCUT2D eigenvalue weighted by Gasteiger charge is -2.18. The van der Waals surface area contributed by atoms with Gasteiger partial charge in [0, 0.05) is 19.3 Å². The Bertz CT molecular complexity index is 980. The normalized spacial score (nSPS) is 12.0. The molecule has 0 saturated heterocycles. The third-order valence-corrected chi connectivity index (χ3v) is 13.5. The molecule has 0 unspecified atom stereocenters. The van der Waals surface area contributed by atoms with Gasteiger partial charge >= 0.3 is 17.9 Å². The van der Waals surface area contributed by atoms with E-state index in [-0.39, 0.29) is 31.1 Å². The largest absolute Gasteiger partial charge is 0.462 e. The van der Waals surface area contributed by atoms with Gasteiger partial charge in [-0.05, 0) is 25.2 Å². The van der Waals surface area contributed by atoms with Crippen molar-refractivity contribution in [2.24, 2.45) is 5.92 Å². The van der Waals surface area contributed by atoms with E-state index < -0.39 is 6.10 Å². The minimum Gasteiger partial charge on any atom is -0.462 e. The second-order valence-electron chi connectivity index (χ2n) is 20.8. The van der Waals surface area contributed by atoms with Gasteiger partial charge in [-0.3, -0.25) is 14.4 Å². The van der Waals surface area contributed by atoms with Crippen molar-refractivity contribution >= 4 is 17.9 Å². The Morgan fingerprint density at radius 1 is 0.292 bits per heavy atom. The summed E-state index contributed by atoms with van der Waals surface area (Å²) in [5.74, 6) is 0.00479. The van der Waals surface area contributed by atoms with Crippen molar-refractivity contribution in [3.05, 3.63) is 0 Å². The summed E-state index contributed by atoms with van der Waals surface area (Å²) < 4.78 is 16.9. The highest BCUT2D eigenvalue weighted by molar-refractivity contribution is 5.71. The molecule has 65 heavy (non-hydrogen) atoms. The van der Waals surface area contributed by atoms with Gasteiger partial charge in [0.05, 0.1) is 0 Å². The first-order valence-corrected chi connectivity index (χ1v) is 29.4. The quantitative estimate of drug-likeness (QED) is 0.0344. The molecule has 386 valence electrons. The summed E-state index contributed by atoms with van der Waals surface area (Å²) in [5.41, 5.74) is 0. The van der Waals surface area contributed by atoms with Crippen LogP contribution in [0, 0.1) is 5.92 Å². The molecule has 0 aliphatic rings. The first-order valence-electron chi connectivity index (χ1n) is 29.4. The first kappa shape index (κ1) is 63.4. The molecule has 0 bridgehead atoms. The second-order valence-corrected chi connectivity index (χ2v) is 20.8. The smallest absolute Gasteiger partial charge is 0.306 e. The minimum atomic E-state index is -0.762. The number of rotatable bonds is 54. The summed E-state index contributed by atoms with van der Waals surface area (Å²) >= 11 is 0. The summed E-state index contributed by atoms with van der Waals surface area (Å²) in [6, 6.07) is 0. The molecule has 0 N–H and O–H groups in total. The van der Waals surface area contributed by atoms with Gasteiger partial charge in [0.25, 0.3) is 0 Å². The lowest BCUT2D eigenvalue weighted by molar-refractivity contribution is -0.167. The molecule has 0 radical (unpaired) electrons. The zero-order valence-corrected chi connectivity index (χ0v) is 44.5. The average molecular weight is 920 g/mol. The maximum atomic E-state index is 12.9. The van der Waals surface area contributed by atoms with E-state index in [1.807, 2.05) is 0 Å². The summed E-state index contributed by atoms with van der Waals surface area (Å²) in [5, 5.41) is 0. The van der Waals surface area contributed by atoms with Crippen molar-refractivity contribution < 1.29 is 28.6 Å². The summed E-state index contributed by atoms with van der Waals surface area (Å²) in [6.45, 7) is 9.06. The Hall–Kier alpha value is -1.59. The molecule has 0 spiro atoms. The number of carbonyl (C=O) groups excluding carboxylic acids is 3. The van der Waals surface area contributed by atoms with Gasteiger partial charge in [-0.1, -0.05) is 297 Å². The van der Waals surface area contributed by atoms with E-state index in [9.17, 15) is 14.4 Å². The summed E-state index contributed by atoms with van der Waals surface area (Å²) in [4.78, 5) is 38.1. The molecule has 0 amide bonds. The molecule has 6 nitrogen and oxygen atoms in total. The van der Waals surface area contributed by atoms with Crippen LogP contribution in [-0.4, -0.2) is 37.2 Å². The maximum absolute atomic E-state index is 12.9. The molecule has 0 aromatic heterocycles. The Balaban J connectivity index is 4.27. The minimum absolute atomic E-state index is 0.0619. The van der Waals surface area contributed by atoms with Crippen LogP contribution in [0.25, 0.3) is 0 Å². The van der Waals surface area contributed by atoms with Gasteiger partial charge in [-0.15, -0.1) is 0 Å². The van der Waals surface area contributed by atoms with Crippen LogP contribution in [0.2, 0.25) is 0 Å². The Morgan fingerprint density at radius 2 is 0.508 bits per heavy atom. The predicted molar refractivity (Wildman–Crippen MR) is 280 cm³/mol. The van der Waals surface area contributed by atoms with E-state index in [4.69, 9.17) is 14.2 Å². The molecule has 0 aromatic rings. The van der Waals surface area contributed by atoms with Crippen LogP contribution in [0.15, 0.2) is 0 Å². The van der Waals surface area contributed by atoms with E-state index in [0.29, 0.717) is 19.3 Å². The van der Waals surface area contributed by atoms with Crippen LogP contribution < -0.4 is 0 Å². The topological polar surface area (TPSA) is 78.9 Å². The molecular weight excluding hydrogens is 805 g/mol. The van der Waals surface area contributed by atoms with Gasteiger partial charge in [-0.2, -0.15) is 0 Å². The Kier molecular flexibility index (Phi) is 52.1. The maximum Gasteiger partial charge on any atom is 0.306 e. The van der Waals surface area contributed by atoms with Gasteiger partial charge in [0.1, 0.15) is 13.2 Å². The van der Waals surface area contributed by atoms with Gasteiger partial charge in [0.2, 0.25) is 0 Å². The molecule has 0 rings (SSSR count). The highest BCUT2D eigenvalue weighted by atomic mass is 16.6. The second kappa shape index (κ2) is 53.4. The summed E-state index contributed by atoms with van der Waals surface area (Å²) in [7, 11) is 0. The number of esters is 3. The van der Waals surface area contributed by atoms with Crippen molar-refractivity contribution in [2.45, 2.75) is 342 Å². The monoisotopic (exact) mass is 919 g/mol. The first-order chi connectivity index (χ1) is 31.9. The van der Waals surface area contributed by atoms with Crippen LogP contribution >= 0.6 is 0 Å². The fraction of sp³-hybridized carbons (Fsp3) is 0.949. The average Bonchev–Trinajstić information content (AvgIpc) is 3.29. The molecule has 0 fully saturated rings. The third kappa shape index (κ3) is 53.2. The zero-order valence-electron chi connectivity index (χ0n) is 44.5. The number of carbonyl (C=O) groups is 3. The van der Waals surface area contributed by atoms with Gasteiger partial charge < -0.3 is 14.2 Å². The highest BCUT2D eigenvalue weighted by Gasteiger charge is 2.19. The van der Waals surface area contributed by atoms with Crippen LogP contribution in [0.1, 0.15) is 336 Å². The van der Waals surface area contributed by atoms with Crippen molar-refractivity contribution in [3.63, 3.8) is 0 Å². The van der Waals surface area contributed by atoms with Crippen molar-refractivity contribution in [2.75, 3.05) is 13.2 Å². The van der Waals surface area contributed by atoms with E-state index in [2.05, 4.69) is 27.7 Å². The number of hydrogen-bond acceptors (Lipinski definition) is 6. The lowest BCUT2D eigenvalue weighted by atomic mass is 10.0. The van der Waals surface area contributed by atoms with E-state index in [1.54, 1.807) is 0 Å². The SMILES string of the molecule is CCCCCCCCCCCCCCCCCCCCCC(=O)O[C@H](COC(=O)CCCCCCCCCCCCCC)COC(=O)CCCCCCCCCCCCCCCC(C)C. The molecule has 0 aliphatic carbocycles. The Labute approximate surface area is 406 Å². The fourth-order valence-electron chi connectivity index (χ4n) is 9.10. The number of unbranched alkanes of at least 4 members (excludes halogenated alkanes) is 41. The van der Waals surface area contributed by atoms with Crippen molar-refractivity contribution in [3.8, 4) is 0 Å². The third-order valence-electron chi connectivity index (χ3n) is 13.5. The van der Waals surface area contributed by atoms with Crippen molar-refractivity contribution in [1.82, 2.24) is 0 Å². The number of ether oxygens (including phenoxy) is 3. The molecule has 0 aliphatic heterocycles. The highest BCUT2D eigenvalue weighted by Crippen LogP contribution is 2.18. The van der Waals surface area contributed by atoms with Gasteiger partial charge in [-0.25, -0.2) is 0 Å². The standard InChI is InChI=1S/C59H114O6/c1-5-7-9-11-13-15-17-19-20-21-22-23-24-27-32-36-40-44-48-52-59(62)65-56(53-63-57(60)50-46-42-38-34-30-18-16-14-12-10-8-6-2)54-64-58(61)51-47-43-39-35-31-28-25-26-29-33-37-41-45-49-55(3)4/h55-56H,5-54H2,1-4H3/t56-/m1/s1. The van der Waals surface area contributed by atoms with Crippen LogP contribution in [0.3, 0.4) is 0 Å². The molecule has 0 heterocycles. The molecule has 0 aromatic carbocycles. The summed E-state index contributed by atoms with van der Waals surface area (Å²) in [6.07, 6.45) is 58.1. The molecule has 1 atom stereocenters. The van der Waals surface area contributed by atoms with E-state index in [0.717, 1.165) is 63.7 Å². The van der Waals surface area contributed by atoms with Crippen LogP contribution in [0.4, 0.5) is 0 Å². The van der Waals surface area contributed by atoms with Gasteiger partial charge in [0.15, 0.2) is 6.10 Å². The van der Waals surface area contributed by atoms with Crippen molar-refractivity contribution in [1.29, 1.82) is 0 Å². The number of hydrogen-bond donors (Lipinski definition) is 0. The molecule has 0 saturated carbocycles. The molecular formula is C59H114O6.